The molecule has 0 saturated carbocycles. The number of nitrogens with zero attached hydrogens (tertiary/aromatic N) is 1. The van der Waals surface area contributed by atoms with Crippen LogP contribution < -0.4 is 5.32 Å². The SMILES string of the molecule is CCNCc1csc(C2CCCCS2)n1. The van der Waals surface area contributed by atoms with Crippen LogP contribution in [0.15, 0.2) is 5.38 Å². The van der Waals surface area contributed by atoms with E-state index < -0.39 is 0 Å². The quantitative estimate of drug-likeness (QED) is 0.877. The number of hydrogen-bond donors (Lipinski definition) is 1. The summed E-state index contributed by atoms with van der Waals surface area (Å²) < 4.78 is 0. The molecule has 2 nitrogen and oxygen atoms in total. The van der Waals surface area contributed by atoms with Crippen molar-refractivity contribution in [2.75, 3.05) is 12.3 Å². The molecule has 0 radical (unpaired) electrons. The Morgan fingerprint density at radius 3 is 3.20 bits per heavy atom. The van der Waals surface area contributed by atoms with E-state index in [0.717, 1.165) is 13.1 Å². The van der Waals surface area contributed by atoms with Gasteiger partial charge in [-0.25, -0.2) is 4.98 Å². The third kappa shape index (κ3) is 3.20. The van der Waals surface area contributed by atoms with Gasteiger partial charge in [0.15, 0.2) is 0 Å². The van der Waals surface area contributed by atoms with Gasteiger partial charge in [0.25, 0.3) is 0 Å². The average Bonchev–Trinajstić information content (AvgIpc) is 2.76. The maximum atomic E-state index is 4.71. The Morgan fingerprint density at radius 2 is 2.47 bits per heavy atom. The van der Waals surface area contributed by atoms with Gasteiger partial charge < -0.3 is 5.32 Å². The van der Waals surface area contributed by atoms with E-state index >= 15 is 0 Å². The highest BCUT2D eigenvalue weighted by atomic mass is 32.2. The molecule has 1 aromatic heterocycles. The molecule has 0 bridgehead atoms. The van der Waals surface area contributed by atoms with Crippen molar-refractivity contribution in [1.82, 2.24) is 10.3 Å². The monoisotopic (exact) mass is 242 g/mol. The molecule has 0 spiro atoms. The highest BCUT2D eigenvalue weighted by molar-refractivity contribution is 7.99. The zero-order valence-corrected chi connectivity index (χ0v) is 10.8. The molecule has 1 saturated heterocycles. The van der Waals surface area contributed by atoms with Gasteiger partial charge in [-0.3, -0.25) is 0 Å². The van der Waals surface area contributed by atoms with Gasteiger partial charge in [0.1, 0.15) is 5.01 Å². The van der Waals surface area contributed by atoms with Gasteiger partial charge in [0.05, 0.1) is 10.9 Å². The van der Waals surface area contributed by atoms with Gasteiger partial charge in [-0.2, -0.15) is 11.8 Å². The molecule has 1 aliphatic rings. The molecule has 0 aliphatic carbocycles. The number of thioether (sulfide) groups is 1. The normalized spacial score (nSPS) is 21.8. The molecule has 2 rings (SSSR count). The van der Waals surface area contributed by atoms with Crippen LogP contribution in [0.4, 0.5) is 0 Å². The maximum absolute atomic E-state index is 4.71. The van der Waals surface area contributed by atoms with Crippen molar-refractivity contribution in [2.45, 2.75) is 38.0 Å². The van der Waals surface area contributed by atoms with Crippen LogP contribution in [0.5, 0.6) is 0 Å². The van der Waals surface area contributed by atoms with E-state index in [1.54, 1.807) is 0 Å². The first-order chi connectivity index (χ1) is 7.40. The van der Waals surface area contributed by atoms with Crippen molar-refractivity contribution >= 4 is 23.1 Å². The van der Waals surface area contributed by atoms with Gasteiger partial charge >= 0.3 is 0 Å². The molecule has 2 heterocycles. The summed E-state index contributed by atoms with van der Waals surface area (Å²) in [6, 6.07) is 0. The van der Waals surface area contributed by atoms with Crippen molar-refractivity contribution in [1.29, 1.82) is 0 Å². The molecule has 1 fully saturated rings. The summed E-state index contributed by atoms with van der Waals surface area (Å²) in [5.41, 5.74) is 1.21. The molecule has 1 atom stereocenters. The highest BCUT2D eigenvalue weighted by Crippen LogP contribution is 2.39. The minimum atomic E-state index is 0.680. The number of nitrogens with one attached hydrogen (secondary N) is 1. The Kier molecular flexibility index (Phi) is 4.47. The number of rotatable bonds is 4. The average molecular weight is 242 g/mol. The minimum Gasteiger partial charge on any atom is -0.311 e. The summed E-state index contributed by atoms with van der Waals surface area (Å²) >= 11 is 3.92. The van der Waals surface area contributed by atoms with E-state index in [0.29, 0.717) is 5.25 Å². The fourth-order valence-corrected chi connectivity index (χ4v) is 4.13. The van der Waals surface area contributed by atoms with Gasteiger partial charge in [-0.15, -0.1) is 11.3 Å². The van der Waals surface area contributed by atoms with E-state index in [1.165, 1.54) is 35.7 Å². The standard InChI is InChI=1S/C11H18N2S2/c1-2-12-7-9-8-15-11(13-9)10-5-3-4-6-14-10/h8,10,12H,2-7H2,1H3. The summed E-state index contributed by atoms with van der Waals surface area (Å²) in [5.74, 6) is 1.31. The summed E-state index contributed by atoms with van der Waals surface area (Å²) in [4.78, 5) is 4.71. The van der Waals surface area contributed by atoms with Crippen LogP contribution in [0, 0.1) is 0 Å². The maximum Gasteiger partial charge on any atom is 0.106 e. The molecular weight excluding hydrogens is 224 g/mol. The van der Waals surface area contributed by atoms with E-state index in [1.807, 2.05) is 11.3 Å². The Balaban J connectivity index is 1.93. The number of thiazole rings is 1. The molecular formula is C11H18N2S2. The second kappa shape index (κ2) is 5.87. The molecule has 0 aromatic carbocycles. The Hall–Kier alpha value is -0.0600. The molecule has 4 heteroatoms. The molecule has 0 amide bonds. The predicted molar refractivity (Wildman–Crippen MR) is 68.5 cm³/mol. The van der Waals surface area contributed by atoms with Crippen molar-refractivity contribution in [2.24, 2.45) is 0 Å². The summed E-state index contributed by atoms with van der Waals surface area (Å²) in [7, 11) is 0. The third-order valence-corrected chi connectivity index (χ3v) is 5.12. The second-order valence-electron chi connectivity index (χ2n) is 3.81. The molecule has 1 aromatic rings. The first-order valence-electron chi connectivity index (χ1n) is 5.66. The summed E-state index contributed by atoms with van der Waals surface area (Å²) in [6.07, 6.45) is 4.08. The van der Waals surface area contributed by atoms with E-state index in [9.17, 15) is 0 Å². The van der Waals surface area contributed by atoms with Crippen LogP contribution in [0.3, 0.4) is 0 Å². The molecule has 84 valence electrons. The molecule has 1 N–H and O–H groups in total. The van der Waals surface area contributed by atoms with Crippen LogP contribution in [-0.4, -0.2) is 17.3 Å². The van der Waals surface area contributed by atoms with Gasteiger partial charge in [-0.1, -0.05) is 13.3 Å². The molecule has 1 unspecified atom stereocenters. The third-order valence-electron chi connectivity index (χ3n) is 2.58. The van der Waals surface area contributed by atoms with Crippen LogP contribution in [0.1, 0.15) is 42.1 Å². The fourth-order valence-electron chi connectivity index (χ4n) is 1.74. The van der Waals surface area contributed by atoms with Crippen LogP contribution in [0.2, 0.25) is 0 Å². The number of hydrogen-bond acceptors (Lipinski definition) is 4. The van der Waals surface area contributed by atoms with E-state index in [4.69, 9.17) is 4.98 Å². The number of aromatic nitrogens is 1. The van der Waals surface area contributed by atoms with Crippen molar-refractivity contribution in [3.05, 3.63) is 16.1 Å². The lowest BCUT2D eigenvalue weighted by atomic mass is 10.2. The van der Waals surface area contributed by atoms with Crippen LogP contribution in [-0.2, 0) is 6.54 Å². The first-order valence-corrected chi connectivity index (χ1v) is 7.59. The first kappa shape index (κ1) is 11.4. The van der Waals surface area contributed by atoms with Gasteiger partial charge in [-0.05, 0) is 25.1 Å². The zero-order chi connectivity index (χ0) is 10.5. The topological polar surface area (TPSA) is 24.9 Å². The van der Waals surface area contributed by atoms with E-state index in [2.05, 4.69) is 29.4 Å². The fraction of sp³-hybridized carbons (Fsp3) is 0.727. The van der Waals surface area contributed by atoms with Crippen LogP contribution in [0.25, 0.3) is 0 Å². The highest BCUT2D eigenvalue weighted by Gasteiger charge is 2.18. The molecule has 1 aliphatic heterocycles. The lowest BCUT2D eigenvalue weighted by Gasteiger charge is -2.18. The molecule has 15 heavy (non-hydrogen) atoms. The Morgan fingerprint density at radius 1 is 1.53 bits per heavy atom. The largest absolute Gasteiger partial charge is 0.311 e. The smallest absolute Gasteiger partial charge is 0.106 e. The predicted octanol–water partition coefficient (Wildman–Crippen LogP) is 3.21. The zero-order valence-electron chi connectivity index (χ0n) is 9.16. The lowest BCUT2D eigenvalue weighted by Crippen LogP contribution is -2.12. The summed E-state index contributed by atoms with van der Waals surface area (Å²) in [6.45, 7) is 4.07. The van der Waals surface area contributed by atoms with Gasteiger partial charge in [0.2, 0.25) is 0 Å². The van der Waals surface area contributed by atoms with Crippen LogP contribution >= 0.6 is 23.1 Å². The summed E-state index contributed by atoms with van der Waals surface area (Å²) in [5, 5.41) is 7.54. The Labute approximate surface area is 99.9 Å². The van der Waals surface area contributed by atoms with Gasteiger partial charge in [0, 0.05) is 11.9 Å². The lowest BCUT2D eigenvalue weighted by molar-refractivity contribution is 0.675. The van der Waals surface area contributed by atoms with E-state index in [-0.39, 0.29) is 0 Å². The minimum absolute atomic E-state index is 0.680. The van der Waals surface area contributed by atoms with Crippen molar-refractivity contribution in [3.63, 3.8) is 0 Å². The second-order valence-corrected chi connectivity index (χ2v) is 6.01. The Bertz CT molecular complexity index is 293. The van der Waals surface area contributed by atoms with Crippen molar-refractivity contribution < 1.29 is 0 Å². The van der Waals surface area contributed by atoms with Crippen molar-refractivity contribution in [3.8, 4) is 0 Å².